The van der Waals surface area contributed by atoms with Gasteiger partial charge in [0.05, 0.1) is 36.6 Å². The van der Waals surface area contributed by atoms with Gasteiger partial charge in [-0.15, -0.1) is 0 Å². The van der Waals surface area contributed by atoms with E-state index in [-0.39, 0.29) is 41.2 Å². The lowest BCUT2D eigenvalue weighted by molar-refractivity contribution is -0.257. The first-order valence-electron chi connectivity index (χ1n) is 17.0. The van der Waals surface area contributed by atoms with Crippen LogP contribution in [-0.2, 0) is 14.3 Å². The van der Waals surface area contributed by atoms with Crippen LogP contribution >= 0.6 is 22.6 Å². The second-order valence-electron chi connectivity index (χ2n) is 16.8. The summed E-state index contributed by atoms with van der Waals surface area (Å²) in [5.74, 6) is 0.368. The number of aliphatic hydroxyl groups excluding tert-OH is 3. The van der Waals surface area contributed by atoms with Crippen LogP contribution in [0.15, 0.2) is 16.8 Å². The minimum atomic E-state index is -0.600. The van der Waals surface area contributed by atoms with Crippen LogP contribution < -0.4 is 0 Å². The second kappa shape index (κ2) is 12.2. The van der Waals surface area contributed by atoms with E-state index in [4.69, 9.17) is 9.47 Å². The van der Waals surface area contributed by atoms with E-state index in [0.29, 0.717) is 29.1 Å². The quantitative estimate of drug-likeness (QED) is 0.141. The van der Waals surface area contributed by atoms with E-state index >= 15 is 0 Å². The Hall–Kier alpha value is -0.460. The Kier molecular flexibility index (Phi) is 9.67. The predicted molar refractivity (Wildman–Crippen MR) is 178 cm³/mol. The van der Waals surface area contributed by atoms with Crippen molar-refractivity contribution in [2.75, 3.05) is 6.61 Å². The first-order valence-corrected chi connectivity index (χ1v) is 18.2. The third kappa shape index (κ3) is 5.59. The van der Waals surface area contributed by atoms with E-state index in [2.05, 4.69) is 62.4 Å². The molecule has 3 unspecified atom stereocenters. The van der Waals surface area contributed by atoms with Gasteiger partial charge in [-0.2, -0.15) is 4.91 Å². The number of aliphatic hydroxyl groups is 3. The number of allylic oxidation sites excluding steroid dienone is 1. The number of alkyl halides is 1. The van der Waals surface area contributed by atoms with Crippen LogP contribution in [0.2, 0.25) is 0 Å². The molecule has 250 valence electrons. The van der Waals surface area contributed by atoms with Crippen LogP contribution in [0.25, 0.3) is 0 Å². The van der Waals surface area contributed by atoms with Crippen LogP contribution in [0, 0.1) is 44.3 Å². The predicted octanol–water partition coefficient (Wildman–Crippen LogP) is 6.50. The van der Waals surface area contributed by atoms with Gasteiger partial charge in [0.1, 0.15) is 0 Å². The molecule has 12 atom stereocenters. The number of nitroso groups, excluding NO2 is 1. The number of hydrogen-bond acceptors (Lipinski definition) is 8. The number of hydrogen-bond donors (Lipinski definition) is 3. The van der Waals surface area contributed by atoms with Gasteiger partial charge < -0.3 is 24.8 Å². The molecule has 0 aromatic heterocycles. The molecule has 44 heavy (non-hydrogen) atoms. The highest BCUT2D eigenvalue weighted by molar-refractivity contribution is 14.1. The van der Waals surface area contributed by atoms with E-state index < -0.39 is 41.0 Å². The maximum Gasteiger partial charge on any atom is 0.160 e. The highest BCUT2D eigenvalue weighted by Gasteiger charge is 2.72. The topological polar surface area (TPSA) is 126 Å². The van der Waals surface area contributed by atoms with Crippen molar-refractivity contribution in [3.05, 3.63) is 16.6 Å². The van der Waals surface area contributed by atoms with Crippen molar-refractivity contribution < 1.29 is 29.6 Å². The molecule has 0 aromatic rings. The number of halogens is 1. The van der Waals surface area contributed by atoms with Gasteiger partial charge in [0.15, 0.2) is 12.1 Å². The molecule has 0 radical (unpaired) electrons. The average Bonchev–Trinajstić information content (AvgIpc) is 3.20. The average molecular weight is 730 g/mol. The summed E-state index contributed by atoms with van der Waals surface area (Å²) in [6.45, 7) is 14.8. The SMILES string of the molecule is CC(C)(CCC[C@@H](I)C1CC[C@@]2(C)C3C(=O)C=C4C(CC[C@H](O[C@H]5C[C@@H](O)C[C@@H](CO)O5)C4(C)C)[C@]3(C)[C@H](O)C[C@]12C)N=O. The lowest BCUT2D eigenvalue weighted by Gasteiger charge is -2.66. The first kappa shape index (κ1) is 34.9. The summed E-state index contributed by atoms with van der Waals surface area (Å²) in [6.07, 6.45) is 7.29. The molecule has 3 saturated carbocycles. The summed E-state index contributed by atoms with van der Waals surface area (Å²) in [5.41, 5.74) is -0.875. The third-order valence-electron chi connectivity index (χ3n) is 13.5. The van der Waals surface area contributed by atoms with Gasteiger partial charge in [-0.25, -0.2) is 0 Å². The Morgan fingerprint density at radius 1 is 1.11 bits per heavy atom. The molecule has 5 aliphatic rings. The number of carbonyl (C=O) groups is 1. The number of fused-ring (bicyclic) bond motifs is 5. The van der Waals surface area contributed by atoms with Crippen molar-refractivity contribution >= 4 is 28.4 Å². The number of rotatable bonds is 9. The second-order valence-corrected chi connectivity index (χ2v) is 18.4. The summed E-state index contributed by atoms with van der Waals surface area (Å²) >= 11 is 2.60. The number of ether oxygens (including phenoxy) is 2. The van der Waals surface area contributed by atoms with Crippen molar-refractivity contribution in [2.45, 2.75) is 153 Å². The van der Waals surface area contributed by atoms with E-state index in [1.165, 1.54) is 0 Å². The van der Waals surface area contributed by atoms with Crippen molar-refractivity contribution in [3.8, 4) is 0 Å². The Balaban J connectivity index is 1.39. The zero-order valence-electron chi connectivity index (χ0n) is 27.9. The van der Waals surface area contributed by atoms with Crippen LogP contribution in [0.5, 0.6) is 0 Å². The van der Waals surface area contributed by atoms with Gasteiger partial charge in [-0.1, -0.05) is 68.0 Å². The zero-order valence-corrected chi connectivity index (χ0v) is 30.0. The molecule has 4 aliphatic carbocycles. The van der Waals surface area contributed by atoms with Gasteiger partial charge in [0, 0.05) is 33.5 Å². The minimum Gasteiger partial charge on any atom is -0.394 e. The Morgan fingerprint density at radius 3 is 2.48 bits per heavy atom. The van der Waals surface area contributed by atoms with E-state index in [1.807, 2.05) is 19.9 Å². The van der Waals surface area contributed by atoms with Gasteiger partial charge in [-0.05, 0) is 94.0 Å². The molecule has 0 aromatic carbocycles. The zero-order chi connectivity index (χ0) is 32.5. The normalized spacial score (nSPS) is 46.0. The van der Waals surface area contributed by atoms with Crippen molar-refractivity contribution in [3.63, 3.8) is 0 Å². The van der Waals surface area contributed by atoms with Crippen LogP contribution in [0.3, 0.4) is 0 Å². The highest BCUT2D eigenvalue weighted by atomic mass is 127. The van der Waals surface area contributed by atoms with Gasteiger partial charge in [0.25, 0.3) is 0 Å². The van der Waals surface area contributed by atoms with Crippen LogP contribution in [0.4, 0.5) is 0 Å². The maximum atomic E-state index is 14.5. The molecule has 0 spiro atoms. The fourth-order valence-electron chi connectivity index (χ4n) is 10.7. The third-order valence-corrected chi connectivity index (χ3v) is 15.0. The lowest BCUT2D eigenvalue weighted by atomic mass is 9.38. The fraction of sp³-hybridized carbons (Fsp3) is 0.914. The maximum absolute atomic E-state index is 14.5. The summed E-state index contributed by atoms with van der Waals surface area (Å²) in [7, 11) is 0. The molecule has 8 nitrogen and oxygen atoms in total. The molecule has 4 fully saturated rings. The van der Waals surface area contributed by atoms with Gasteiger partial charge in [0.2, 0.25) is 0 Å². The van der Waals surface area contributed by atoms with Gasteiger partial charge in [-0.3, -0.25) is 4.79 Å². The van der Waals surface area contributed by atoms with Crippen LogP contribution in [-0.4, -0.2) is 67.9 Å². The summed E-state index contributed by atoms with van der Waals surface area (Å²) in [4.78, 5) is 25.7. The van der Waals surface area contributed by atoms with Crippen molar-refractivity contribution in [1.29, 1.82) is 0 Å². The molecule has 1 heterocycles. The monoisotopic (exact) mass is 729 g/mol. The molecule has 3 N–H and O–H groups in total. The standard InChI is InChI=1S/C35H56INO7/c1-31(2,37-42)13-8-9-25(36)23-12-14-33(5)30-26(40)17-24-22(35(30,7)27(41)18-34(23,33)6)10-11-28(32(24,3)4)44-29-16-20(39)15-21(19-38)43-29/h17,20-23,25,27-30,38-39,41H,8-16,18-19H2,1-7H3/t20-,21-,22?,23?,25+,27+,28-,29-,30?,33-,34+,35+/m0/s1. The Labute approximate surface area is 277 Å². The highest BCUT2D eigenvalue weighted by Crippen LogP contribution is 2.74. The van der Waals surface area contributed by atoms with Gasteiger partial charge >= 0.3 is 0 Å². The molecule has 1 aliphatic heterocycles. The smallest absolute Gasteiger partial charge is 0.160 e. The molecule has 0 amide bonds. The number of nitrogens with zero attached hydrogens (tertiary/aromatic N) is 1. The number of carbonyl (C=O) groups excluding carboxylic acids is 1. The molecule has 1 saturated heterocycles. The van der Waals surface area contributed by atoms with E-state index in [1.54, 1.807) is 0 Å². The Bertz CT molecular complexity index is 1140. The lowest BCUT2D eigenvalue weighted by Crippen LogP contribution is -2.67. The molecule has 0 bridgehead atoms. The summed E-state index contributed by atoms with van der Waals surface area (Å²) in [6, 6.07) is 0. The molecule has 9 heteroatoms. The Morgan fingerprint density at radius 2 is 1.82 bits per heavy atom. The van der Waals surface area contributed by atoms with Crippen molar-refractivity contribution in [1.82, 2.24) is 0 Å². The largest absolute Gasteiger partial charge is 0.394 e. The van der Waals surface area contributed by atoms with Crippen LogP contribution in [0.1, 0.15) is 113 Å². The first-order chi connectivity index (χ1) is 20.4. The number of ketones is 1. The minimum absolute atomic E-state index is 0.0759. The van der Waals surface area contributed by atoms with E-state index in [9.17, 15) is 25.0 Å². The molecular weight excluding hydrogens is 673 g/mol. The van der Waals surface area contributed by atoms with E-state index in [0.717, 1.165) is 50.5 Å². The van der Waals surface area contributed by atoms with Crippen molar-refractivity contribution in [2.24, 2.45) is 44.6 Å². The summed E-state index contributed by atoms with van der Waals surface area (Å²) in [5, 5.41) is 35.5. The molecular formula is C35H56INO7. The summed E-state index contributed by atoms with van der Waals surface area (Å²) < 4.78 is 12.9. The fourth-order valence-corrected chi connectivity index (χ4v) is 12.3. The molecule has 5 rings (SSSR count).